The van der Waals surface area contributed by atoms with Gasteiger partial charge < -0.3 is 4.90 Å². The lowest BCUT2D eigenvalue weighted by Gasteiger charge is -2.12. The number of aromatic nitrogens is 1. The van der Waals surface area contributed by atoms with Gasteiger partial charge in [0.2, 0.25) is 5.91 Å². The Hall–Kier alpha value is -1.98. The normalized spacial score (nSPS) is 9.57. The Balaban J connectivity index is 2.94. The Labute approximate surface area is 80.3 Å². The van der Waals surface area contributed by atoms with Crippen LogP contribution in [0.2, 0.25) is 0 Å². The first kappa shape index (κ1) is 10.1. The fourth-order valence-electron chi connectivity index (χ4n) is 0.846. The fourth-order valence-corrected chi connectivity index (χ4v) is 0.846. The molecule has 0 aliphatic rings. The van der Waals surface area contributed by atoms with E-state index in [9.17, 15) is 14.9 Å². The molecule has 74 valence electrons. The molecule has 0 atom stereocenters. The zero-order valence-electron chi connectivity index (χ0n) is 7.80. The van der Waals surface area contributed by atoms with Crippen LogP contribution in [-0.4, -0.2) is 22.9 Å². The van der Waals surface area contributed by atoms with Gasteiger partial charge in [0.15, 0.2) is 0 Å². The predicted molar refractivity (Wildman–Crippen MR) is 50.0 cm³/mol. The van der Waals surface area contributed by atoms with Crippen molar-refractivity contribution in [3.63, 3.8) is 0 Å². The number of amides is 1. The Kier molecular flexibility index (Phi) is 2.76. The van der Waals surface area contributed by atoms with Crippen LogP contribution in [0.1, 0.15) is 6.92 Å². The zero-order chi connectivity index (χ0) is 10.7. The number of hydrogen-bond acceptors (Lipinski definition) is 4. The van der Waals surface area contributed by atoms with Gasteiger partial charge in [-0.2, -0.15) is 0 Å². The summed E-state index contributed by atoms with van der Waals surface area (Å²) in [7, 11) is 1.55. The molecular formula is C8H9N3O3. The lowest BCUT2D eigenvalue weighted by molar-refractivity contribution is -0.385. The van der Waals surface area contributed by atoms with Crippen molar-refractivity contribution in [3.05, 3.63) is 28.4 Å². The topological polar surface area (TPSA) is 76.3 Å². The van der Waals surface area contributed by atoms with E-state index in [1.54, 1.807) is 7.05 Å². The lowest BCUT2D eigenvalue weighted by atomic mass is 10.4. The van der Waals surface area contributed by atoms with Crippen LogP contribution in [0, 0.1) is 10.1 Å². The van der Waals surface area contributed by atoms with Crippen LogP contribution < -0.4 is 4.90 Å². The monoisotopic (exact) mass is 195 g/mol. The van der Waals surface area contributed by atoms with E-state index in [1.807, 2.05) is 0 Å². The highest BCUT2D eigenvalue weighted by Gasteiger charge is 2.09. The van der Waals surface area contributed by atoms with Gasteiger partial charge in [-0.25, -0.2) is 4.98 Å². The summed E-state index contributed by atoms with van der Waals surface area (Å²) in [6.45, 7) is 1.39. The second-order valence-electron chi connectivity index (χ2n) is 2.71. The van der Waals surface area contributed by atoms with Gasteiger partial charge in [0.05, 0.1) is 4.92 Å². The molecule has 0 aromatic carbocycles. The molecule has 0 radical (unpaired) electrons. The van der Waals surface area contributed by atoms with Crippen LogP contribution in [0.15, 0.2) is 18.3 Å². The van der Waals surface area contributed by atoms with E-state index in [0.29, 0.717) is 5.82 Å². The second-order valence-corrected chi connectivity index (χ2v) is 2.71. The number of nitro groups is 1. The molecule has 0 saturated heterocycles. The molecule has 1 amide bonds. The van der Waals surface area contributed by atoms with Gasteiger partial charge in [0, 0.05) is 20.0 Å². The molecule has 0 N–H and O–H groups in total. The highest BCUT2D eigenvalue weighted by Crippen LogP contribution is 2.14. The zero-order valence-corrected chi connectivity index (χ0v) is 7.80. The van der Waals surface area contributed by atoms with Crippen molar-refractivity contribution in [1.82, 2.24) is 4.98 Å². The van der Waals surface area contributed by atoms with E-state index in [-0.39, 0.29) is 11.6 Å². The first-order chi connectivity index (χ1) is 6.52. The third-order valence-electron chi connectivity index (χ3n) is 1.76. The molecule has 0 saturated carbocycles. The smallest absolute Gasteiger partial charge is 0.287 e. The summed E-state index contributed by atoms with van der Waals surface area (Å²) in [5.41, 5.74) is -0.0919. The van der Waals surface area contributed by atoms with Crippen molar-refractivity contribution < 1.29 is 9.72 Å². The summed E-state index contributed by atoms with van der Waals surface area (Å²) in [4.78, 5) is 25.8. The largest absolute Gasteiger partial charge is 0.300 e. The van der Waals surface area contributed by atoms with E-state index in [2.05, 4.69) is 4.98 Å². The van der Waals surface area contributed by atoms with Gasteiger partial charge in [0.25, 0.3) is 5.69 Å². The highest BCUT2D eigenvalue weighted by atomic mass is 16.6. The van der Waals surface area contributed by atoms with Crippen molar-refractivity contribution in [2.45, 2.75) is 6.92 Å². The second kappa shape index (κ2) is 3.82. The molecule has 14 heavy (non-hydrogen) atoms. The first-order valence-corrected chi connectivity index (χ1v) is 3.87. The number of carbonyl (C=O) groups excluding carboxylic acids is 1. The molecule has 0 bridgehead atoms. The molecule has 1 aromatic rings. The Morgan fingerprint density at radius 2 is 2.21 bits per heavy atom. The highest BCUT2D eigenvalue weighted by molar-refractivity contribution is 5.89. The number of anilines is 1. The van der Waals surface area contributed by atoms with Crippen LogP contribution >= 0.6 is 0 Å². The van der Waals surface area contributed by atoms with E-state index < -0.39 is 4.92 Å². The van der Waals surface area contributed by atoms with Crippen molar-refractivity contribution in [2.24, 2.45) is 0 Å². The van der Waals surface area contributed by atoms with Crippen molar-refractivity contribution >= 4 is 17.4 Å². The van der Waals surface area contributed by atoms with Gasteiger partial charge in [-0.15, -0.1) is 0 Å². The van der Waals surface area contributed by atoms with Crippen molar-refractivity contribution in [2.75, 3.05) is 11.9 Å². The van der Waals surface area contributed by atoms with E-state index in [4.69, 9.17) is 0 Å². The summed E-state index contributed by atoms with van der Waals surface area (Å²) >= 11 is 0. The maximum absolute atomic E-state index is 10.9. The maximum Gasteiger partial charge on any atom is 0.287 e. The number of hydrogen-bond donors (Lipinski definition) is 0. The molecule has 0 unspecified atom stereocenters. The SMILES string of the molecule is CC(=O)N(C)c1ccc([N+](=O)[O-])cn1. The van der Waals surface area contributed by atoms with Crippen molar-refractivity contribution in [1.29, 1.82) is 0 Å². The van der Waals surface area contributed by atoms with Crippen LogP contribution in [-0.2, 0) is 4.79 Å². The molecule has 1 rings (SSSR count). The lowest BCUT2D eigenvalue weighted by Crippen LogP contribution is -2.23. The van der Waals surface area contributed by atoms with E-state index in [1.165, 1.54) is 24.0 Å². The van der Waals surface area contributed by atoms with Gasteiger partial charge >= 0.3 is 0 Å². The minimum atomic E-state index is -0.537. The first-order valence-electron chi connectivity index (χ1n) is 3.87. The van der Waals surface area contributed by atoms with E-state index >= 15 is 0 Å². The molecule has 0 fully saturated rings. The third-order valence-corrected chi connectivity index (χ3v) is 1.76. The quantitative estimate of drug-likeness (QED) is 0.520. The number of pyridine rings is 1. The molecular weight excluding hydrogens is 186 g/mol. The minimum absolute atomic E-state index is 0.0919. The predicted octanol–water partition coefficient (Wildman–Crippen LogP) is 0.973. The number of nitrogens with zero attached hydrogens (tertiary/aromatic N) is 3. The summed E-state index contributed by atoms with van der Waals surface area (Å²) in [6, 6.07) is 2.74. The summed E-state index contributed by atoms with van der Waals surface area (Å²) < 4.78 is 0. The van der Waals surface area contributed by atoms with Gasteiger partial charge in [-0.3, -0.25) is 14.9 Å². The summed E-state index contributed by atoms with van der Waals surface area (Å²) in [5, 5.41) is 10.3. The third kappa shape index (κ3) is 2.03. The molecule has 1 aromatic heterocycles. The van der Waals surface area contributed by atoms with Crippen LogP contribution in [0.3, 0.4) is 0 Å². The fraction of sp³-hybridized carbons (Fsp3) is 0.250. The van der Waals surface area contributed by atoms with Crippen LogP contribution in [0.4, 0.5) is 11.5 Å². The Morgan fingerprint density at radius 3 is 2.57 bits per heavy atom. The molecule has 0 aliphatic heterocycles. The number of rotatable bonds is 2. The summed E-state index contributed by atoms with van der Waals surface area (Å²) in [5.74, 6) is 0.217. The van der Waals surface area contributed by atoms with Gasteiger partial charge in [-0.1, -0.05) is 0 Å². The molecule has 1 heterocycles. The number of carbonyl (C=O) groups is 1. The standard InChI is InChI=1S/C8H9N3O3/c1-6(12)10(2)8-4-3-7(5-9-8)11(13)14/h3-5H,1-2H3. The Bertz CT molecular complexity index is 361. The molecule has 0 aliphatic carbocycles. The van der Waals surface area contributed by atoms with E-state index in [0.717, 1.165) is 6.20 Å². The van der Waals surface area contributed by atoms with Gasteiger partial charge in [-0.05, 0) is 6.07 Å². The minimum Gasteiger partial charge on any atom is -0.300 e. The van der Waals surface area contributed by atoms with Crippen LogP contribution in [0.5, 0.6) is 0 Å². The summed E-state index contributed by atoms with van der Waals surface area (Å²) in [6.07, 6.45) is 1.12. The Morgan fingerprint density at radius 1 is 1.57 bits per heavy atom. The van der Waals surface area contributed by atoms with Crippen LogP contribution in [0.25, 0.3) is 0 Å². The van der Waals surface area contributed by atoms with Crippen molar-refractivity contribution in [3.8, 4) is 0 Å². The van der Waals surface area contributed by atoms with Gasteiger partial charge in [0.1, 0.15) is 12.0 Å². The average Bonchev–Trinajstić information content (AvgIpc) is 2.16. The molecule has 0 spiro atoms. The molecule has 6 nitrogen and oxygen atoms in total. The molecule has 6 heteroatoms. The average molecular weight is 195 g/mol. The maximum atomic E-state index is 10.9.